The van der Waals surface area contributed by atoms with Gasteiger partial charge in [0.25, 0.3) is 0 Å². The molecule has 1 saturated carbocycles. The summed E-state index contributed by atoms with van der Waals surface area (Å²) in [4.78, 5) is 0. The van der Waals surface area contributed by atoms with E-state index in [1.807, 2.05) is 0 Å². The maximum Gasteiger partial charge on any atom is 0.0651 e. The molecule has 1 aliphatic carbocycles. The van der Waals surface area contributed by atoms with Crippen molar-refractivity contribution < 1.29 is 0 Å². The fourth-order valence-corrected chi connectivity index (χ4v) is 6.74. The molecule has 0 spiro atoms. The van der Waals surface area contributed by atoms with Crippen LogP contribution in [-0.2, 0) is 5.41 Å². The smallest absolute Gasteiger partial charge is 0.0651 e. The molecule has 0 heterocycles. The Bertz CT molecular complexity index is 561. The lowest BCUT2D eigenvalue weighted by atomic mass is 9.88. The third-order valence-electron chi connectivity index (χ3n) is 4.78. The van der Waals surface area contributed by atoms with E-state index in [2.05, 4.69) is 96.2 Å². The summed E-state index contributed by atoms with van der Waals surface area (Å²) >= 11 is 4.17. The van der Waals surface area contributed by atoms with Crippen molar-refractivity contribution >= 4 is 24.0 Å². The van der Waals surface area contributed by atoms with Crippen LogP contribution in [0.1, 0.15) is 17.5 Å². The molecule has 0 aromatic heterocycles. The van der Waals surface area contributed by atoms with E-state index in [0.717, 1.165) is 0 Å². The number of benzene rings is 2. The number of hydrogen-bond donors (Lipinski definition) is 0. The first-order chi connectivity index (χ1) is 9.42. The highest BCUT2D eigenvalue weighted by Crippen LogP contribution is 2.70. The van der Waals surface area contributed by atoms with Gasteiger partial charge in [0.2, 0.25) is 0 Å². The molecular formula is C18H21BrSi. The van der Waals surface area contributed by atoms with E-state index >= 15 is 0 Å². The molecule has 2 aromatic rings. The second-order valence-corrected chi connectivity index (χ2v) is 14.3. The Morgan fingerprint density at radius 3 is 1.50 bits per heavy atom. The minimum absolute atomic E-state index is 0.153. The van der Waals surface area contributed by atoms with Gasteiger partial charge in [-0.15, -0.1) is 0 Å². The molecule has 3 rings (SSSR count). The highest BCUT2D eigenvalue weighted by Gasteiger charge is 2.72. The summed E-state index contributed by atoms with van der Waals surface area (Å²) in [6.45, 7) is 7.40. The van der Waals surface area contributed by atoms with E-state index in [-0.39, 0.29) is 9.36 Å². The maximum atomic E-state index is 4.17. The molecule has 1 aliphatic rings. The summed E-state index contributed by atoms with van der Waals surface area (Å²) in [6.07, 6.45) is 1.21. The molecule has 2 heteroatoms. The first-order valence-electron chi connectivity index (χ1n) is 7.22. The molecule has 0 aliphatic heterocycles. The van der Waals surface area contributed by atoms with Gasteiger partial charge in [-0.2, -0.15) is 0 Å². The van der Waals surface area contributed by atoms with Gasteiger partial charge in [-0.05, 0) is 17.5 Å². The summed E-state index contributed by atoms with van der Waals surface area (Å²) < 4.78 is 0.260. The van der Waals surface area contributed by atoms with Crippen molar-refractivity contribution in [3.05, 3.63) is 71.8 Å². The van der Waals surface area contributed by atoms with Gasteiger partial charge in [-0.25, -0.2) is 0 Å². The van der Waals surface area contributed by atoms with Crippen LogP contribution in [0, 0.1) is 0 Å². The summed E-state index contributed by atoms with van der Waals surface area (Å²) in [5, 5.41) is 0. The standard InChI is InChI=1S/C18H21BrSi/c1-20(2,3)18(19)14-17(18,15-10-6-4-7-11-15)16-12-8-5-9-13-16/h4-13H,14H2,1-3H3/t18-/m1/s1. The van der Waals surface area contributed by atoms with Crippen LogP contribution < -0.4 is 0 Å². The van der Waals surface area contributed by atoms with Gasteiger partial charge in [0, 0.05) is 9.36 Å². The molecule has 0 saturated heterocycles. The normalized spacial score (nSPS) is 24.4. The van der Waals surface area contributed by atoms with E-state index in [0.29, 0.717) is 0 Å². The van der Waals surface area contributed by atoms with Crippen LogP contribution in [0.3, 0.4) is 0 Å². The third-order valence-corrected chi connectivity index (χ3v) is 12.3. The zero-order chi connectivity index (χ0) is 14.4. The van der Waals surface area contributed by atoms with E-state index < -0.39 is 8.07 Å². The molecule has 1 atom stereocenters. The Morgan fingerprint density at radius 2 is 1.20 bits per heavy atom. The van der Waals surface area contributed by atoms with Crippen molar-refractivity contribution in [3.8, 4) is 0 Å². The van der Waals surface area contributed by atoms with Crippen molar-refractivity contribution in [2.45, 2.75) is 35.4 Å². The van der Waals surface area contributed by atoms with Gasteiger partial charge in [-0.3, -0.25) is 0 Å². The van der Waals surface area contributed by atoms with Gasteiger partial charge in [0.05, 0.1) is 8.07 Å². The second kappa shape index (κ2) is 4.57. The van der Waals surface area contributed by atoms with Gasteiger partial charge in [0.15, 0.2) is 0 Å². The molecule has 0 unspecified atom stereocenters. The number of hydrogen-bond acceptors (Lipinski definition) is 0. The van der Waals surface area contributed by atoms with Crippen molar-refractivity contribution in [1.82, 2.24) is 0 Å². The first-order valence-corrected chi connectivity index (χ1v) is 11.5. The lowest BCUT2D eigenvalue weighted by Crippen LogP contribution is -2.42. The third kappa shape index (κ3) is 1.85. The monoisotopic (exact) mass is 344 g/mol. The minimum Gasteiger partial charge on any atom is -0.0875 e. The topological polar surface area (TPSA) is 0 Å². The second-order valence-electron chi connectivity index (χ2n) is 6.87. The van der Waals surface area contributed by atoms with Crippen LogP contribution >= 0.6 is 15.9 Å². The van der Waals surface area contributed by atoms with Crippen LogP contribution in [0.15, 0.2) is 60.7 Å². The first kappa shape index (κ1) is 14.1. The van der Waals surface area contributed by atoms with Crippen LogP contribution in [0.25, 0.3) is 0 Å². The Morgan fingerprint density at radius 1 is 0.800 bits per heavy atom. The molecule has 0 N–H and O–H groups in total. The van der Waals surface area contributed by atoms with E-state index in [1.54, 1.807) is 0 Å². The van der Waals surface area contributed by atoms with Crippen LogP contribution in [0.2, 0.25) is 19.6 Å². The van der Waals surface area contributed by atoms with Crippen molar-refractivity contribution in [3.63, 3.8) is 0 Å². The lowest BCUT2D eigenvalue weighted by Gasteiger charge is -2.31. The van der Waals surface area contributed by atoms with Gasteiger partial charge in [0.1, 0.15) is 0 Å². The minimum atomic E-state index is -1.33. The molecule has 104 valence electrons. The quantitative estimate of drug-likeness (QED) is 0.517. The van der Waals surface area contributed by atoms with E-state index in [1.165, 1.54) is 17.5 Å². The average molecular weight is 345 g/mol. The highest BCUT2D eigenvalue weighted by atomic mass is 79.9. The predicted molar refractivity (Wildman–Crippen MR) is 93.3 cm³/mol. The fourth-order valence-electron chi connectivity index (χ4n) is 3.50. The van der Waals surface area contributed by atoms with Crippen LogP contribution in [0.4, 0.5) is 0 Å². The molecule has 20 heavy (non-hydrogen) atoms. The van der Waals surface area contributed by atoms with Gasteiger partial charge < -0.3 is 0 Å². The molecule has 0 amide bonds. The summed E-state index contributed by atoms with van der Waals surface area (Å²) in [6, 6.07) is 22.0. The van der Waals surface area contributed by atoms with Gasteiger partial charge in [-0.1, -0.05) is 96.2 Å². The fraction of sp³-hybridized carbons (Fsp3) is 0.333. The van der Waals surface area contributed by atoms with Crippen molar-refractivity contribution in [2.75, 3.05) is 0 Å². The summed E-state index contributed by atoms with van der Waals surface area (Å²) in [7, 11) is -1.33. The number of rotatable bonds is 3. The van der Waals surface area contributed by atoms with Crippen molar-refractivity contribution in [1.29, 1.82) is 0 Å². The zero-order valence-corrected chi connectivity index (χ0v) is 14.9. The largest absolute Gasteiger partial charge is 0.0875 e. The van der Waals surface area contributed by atoms with E-state index in [4.69, 9.17) is 0 Å². The maximum absolute atomic E-state index is 4.17. The predicted octanol–water partition coefficient (Wildman–Crippen LogP) is 5.39. The van der Waals surface area contributed by atoms with Crippen LogP contribution in [-0.4, -0.2) is 12.0 Å². The van der Waals surface area contributed by atoms with Gasteiger partial charge >= 0.3 is 0 Å². The van der Waals surface area contributed by atoms with Crippen molar-refractivity contribution in [2.24, 2.45) is 0 Å². The molecule has 1 fully saturated rings. The Kier molecular flexibility index (Phi) is 3.22. The molecule has 0 nitrogen and oxygen atoms in total. The summed E-state index contributed by atoms with van der Waals surface area (Å²) in [5.74, 6) is 0. The zero-order valence-electron chi connectivity index (χ0n) is 12.4. The molecular weight excluding hydrogens is 324 g/mol. The Labute approximate surface area is 131 Å². The number of halogens is 1. The molecule has 2 aromatic carbocycles. The Hall–Kier alpha value is -0.863. The summed E-state index contributed by atoms with van der Waals surface area (Å²) in [5.41, 5.74) is 3.05. The SMILES string of the molecule is C[Si](C)(C)[C@]1(Br)CC1(c1ccccc1)c1ccccc1. The molecule has 0 bridgehead atoms. The Balaban J connectivity index is 2.18. The van der Waals surface area contributed by atoms with Crippen LogP contribution in [0.5, 0.6) is 0 Å². The lowest BCUT2D eigenvalue weighted by molar-refractivity contribution is 0.830. The van der Waals surface area contributed by atoms with E-state index in [9.17, 15) is 0 Å². The highest BCUT2D eigenvalue weighted by molar-refractivity contribution is 9.10. The number of alkyl halides is 1. The average Bonchev–Trinajstić information content (AvgIpc) is 3.10. The molecule has 0 radical (unpaired) electrons.